The number of ether oxygens (including phenoxy) is 1. The normalized spacial score (nSPS) is 12.1. The summed E-state index contributed by atoms with van der Waals surface area (Å²) in [7, 11) is 3.49. The summed E-state index contributed by atoms with van der Waals surface area (Å²) in [5.41, 5.74) is -0.204. The summed E-state index contributed by atoms with van der Waals surface area (Å²) in [6.45, 7) is 6.59. The summed E-state index contributed by atoms with van der Waals surface area (Å²) in [5, 5.41) is 9.87. The largest absolute Gasteiger partial charge is 0.377 e. The number of methoxy groups -OCH3 is 1. The van der Waals surface area contributed by atoms with Crippen molar-refractivity contribution < 1.29 is 4.74 Å². The molecule has 0 radical (unpaired) electrons. The highest BCUT2D eigenvalue weighted by molar-refractivity contribution is 5.79. The van der Waals surface area contributed by atoms with Gasteiger partial charge in [0.2, 0.25) is 0 Å². The fraction of sp³-hybridized carbons (Fsp3) is 0.625. The van der Waals surface area contributed by atoms with Crippen LogP contribution in [0.2, 0.25) is 0 Å². The van der Waals surface area contributed by atoms with E-state index in [0.717, 1.165) is 37.7 Å². The van der Waals surface area contributed by atoms with Crippen LogP contribution >= 0.6 is 0 Å². The second-order valence-corrected chi connectivity index (χ2v) is 5.67. The van der Waals surface area contributed by atoms with Gasteiger partial charge in [-0.25, -0.2) is 4.98 Å². The summed E-state index contributed by atoms with van der Waals surface area (Å²) in [5.74, 6) is 1.73. The topological polar surface area (TPSA) is 70.6 Å². The molecule has 0 bridgehead atoms. The van der Waals surface area contributed by atoms with E-state index in [4.69, 9.17) is 4.74 Å². The molecule has 0 saturated carbocycles. The first kappa shape index (κ1) is 18.2. The van der Waals surface area contributed by atoms with Crippen LogP contribution < -0.4 is 16.0 Å². The van der Waals surface area contributed by atoms with Crippen LogP contribution in [0, 0.1) is 0 Å². The van der Waals surface area contributed by atoms with Crippen LogP contribution in [0.15, 0.2) is 29.4 Å². The van der Waals surface area contributed by atoms with Crippen molar-refractivity contribution in [3.05, 3.63) is 24.4 Å². The maximum atomic E-state index is 5.37. The van der Waals surface area contributed by atoms with E-state index in [0.29, 0.717) is 6.54 Å². The van der Waals surface area contributed by atoms with Crippen LogP contribution in [-0.4, -0.2) is 50.3 Å². The third-order valence-corrected chi connectivity index (χ3v) is 3.32. The van der Waals surface area contributed by atoms with Crippen molar-refractivity contribution in [2.75, 3.05) is 39.1 Å². The lowest BCUT2D eigenvalue weighted by molar-refractivity contribution is 0.0268. The van der Waals surface area contributed by atoms with E-state index in [1.165, 1.54) is 0 Å². The fourth-order valence-corrected chi connectivity index (χ4v) is 1.73. The van der Waals surface area contributed by atoms with Crippen molar-refractivity contribution in [1.82, 2.24) is 15.6 Å². The minimum Gasteiger partial charge on any atom is -0.377 e. The number of aromatic nitrogens is 1. The summed E-state index contributed by atoms with van der Waals surface area (Å²) in [6, 6.07) is 5.87. The van der Waals surface area contributed by atoms with Crippen LogP contribution in [0.4, 0.5) is 5.82 Å². The van der Waals surface area contributed by atoms with Gasteiger partial charge in [-0.15, -0.1) is 0 Å². The van der Waals surface area contributed by atoms with Gasteiger partial charge >= 0.3 is 0 Å². The van der Waals surface area contributed by atoms with E-state index in [1.807, 2.05) is 32.0 Å². The van der Waals surface area contributed by atoms with Crippen molar-refractivity contribution in [3.8, 4) is 0 Å². The van der Waals surface area contributed by atoms with Gasteiger partial charge in [-0.2, -0.15) is 0 Å². The molecule has 1 aromatic heterocycles. The molecule has 0 aliphatic heterocycles. The maximum Gasteiger partial charge on any atom is 0.191 e. The highest BCUT2D eigenvalue weighted by Crippen LogP contribution is 2.04. The Balaban J connectivity index is 2.09. The van der Waals surface area contributed by atoms with Crippen LogP contribution in [0.3, 0.4) is 0 Å². The van der Waals surface area contributed by atoms with Gasteiger partial charge in [-0.3, -0.25) is 4.99 Å². The molecule has 22 heavy (non-hydrogen) atoms. The van der Waals surface area contributed by atoms with Gasteiger partial charge in [-0.05, 0) is 38.8 Å². The third kappa shape index (κ3) is 7.83. The van der Waals surface area contributed by atoms with Crippen LogP contribution in [0.5, 0.6) is 0 Å². The van der Waals surface area contributed by atoms with Crippen molar-refractivity contribution in [1.29, 1.82) is 0 Å². The molecule has 6 nitrogen and oxygen atoms in total. The molecule has 3 N–H and O–H groups in total. The zero-order valence-corrected chi connectivity index (χ0v) is 14.1. The number of hydrogen-bond acceptors (Lipinski definition) is 4. The zero-order valence-electron chi connectivity index (χ0n) is 14.1. The molecule has 0 atom stereocenters. The average molecular weight is 307 g/mol. The van der Waals surface area contributed by atoms with Gasteiger partial charge in [0.05, 0.1) is 5.60 Å². The molecule has 1 rings (SSSR count). The monoisotopic (exact) mass is 307 g/mol. The Morgan fingerprint density at radius 2 is 2.00 bits per heavy atom. The summed E-state index contributed by atoms with van der Waals surface area (Å²) >= 11 is 0. The number of guanidine groups is 1. The van der Waals surface area contributed by atoms with Gasteiger partial charge < -0.3 is 20.7 Å². The zero-order chi connectivity index (χ0) is 16.3. The molecule has 124 valence electrons. The minimum atomic E-state index is -0.204. The lowest BCUT2D eigenvalue weighted by Gasteiger charge is -2.24. The lowest BCUT2D eigenvalue weighted by atomic mass is 10.1. The Hall–Kier alpha value is -1.82. The lowest BCUT2D eigenvalue weighted by Crippen LogP contribution is -2.45. The highest BCUT2D eigenvalue weighted by atomic mass is 16.5. The quantitative estimate of drug-likeness (QED) is 0.369. The van der Waals surface area contributed by atoms with Gasteiger partial charge in [0.25, 0.3) is 0 Å². The molecule has 0 unspecified atom stereocenters. The standard InChI is InChI=1S/C16H29N5O/c1-16(2,22-4)13-21-15(17-3)20-12-8-7-11-19-14-9-5-6-10-18-14/h5-6,9-10H,7-8,11-13H2,1-4H3,(H,18,19)(H2,17,20,21). The van der Waals surface area contributed by atoms with E-state index in [1.54, 1.807) is 20.4 Å². The molecule has 0 spiro atoms. The molecule has 0 fully saturated rings. The molecule has 0 saturated heterocycles. The number of anilines is 1. The van der Waals surface area contributed by atoms with Gasteiger partial charge in [0.15, 0.2) is 5.96 Å². The highest BCUT2D eigenvalue weighted by Gasteiger charge is 2.16. The summed E-state index contributed by atoms with van der Waals surface area (Å²) < 4.78 is 5.37. The molecular formula is C16H29N5O. The molecule has 0 aliphatic rings. The van der Waals surface area contributed by atoms with Gasteiger partial charge in [0, 0.05) is 40.0 Å². The van der Waals surface area contributed by atoms with Crippen LogP contribution in [-0.2, 0) is 4.74 Å². The molecule has 6 heteroatoms. The van der Waals surface area contributed by atoms with Gasteiger partial charge in [-0.1, -0.05) is 6.07 Å². The second-order valence-electron chi connectivity index (χ2n) is 5.67. The smallest absolute Gasteiger partial charge is 0.191 e. The SMILES string of the molecule is CN=C(NCCCCNc1ccccn1)NCC(C)(C)OC. The Morgan fingerprint density at radius 3 is 2.64 bits per heavy atom. The number of rotatable bonds is 9. The van der Waals surface area contributed by atoms with Crippen LogP contribution in [0.25, 0.3) is 0 Å². The summed E-state index contributed by atoms with van der Waals surface area (Å²) in [4.78, 5) is 8.43. The Bertz CT molecular complexity index is 433. The number of aliphatic imine (C=N–C) groups is 1. The molecular weight excluding hydrogens is 278 g/mol. The first-order chi connectivity index (χ1) is 10.6. The Kier molecular flexibility index (Phi) is 8.28. The third-order valence-electron chi connectivity index (χ3n) is 3.32. The first-order valence-corrected chi connectivity index (χ1v) is 7.72. The summed E-state index contributed by atoms with van der Waals surface area (Å²) in [6.07, 6.45) is 3.93. The maximum absolute atomic E-state index is 5.37. The number of nitrogens with zero attached hydrogens (tertiary/aromatic N) is 2. The molecule has 1 aromatic rings. The minimum absolute atomic E-state index is 0.204. The van der Waals surface area contributed by atoms with E-state index in [-0.39, 0.29) is 5.60 Å². The molecule has 0 aliphatic carbocycles. The second kappa shape index (κ2) is 10.00. The number of hydrogen-bond donors (Lipinski definition) is 3. The van der Waals surface area contributed by atoms with Crippen LogP contribution in [0.1, 0.15) is 26.7 Å². The molecule has 1 heterocycles. The number of unbranched alkanes of at least 4 members (excludes halogenated alkanes) is 1. The fourth-order valence-electron chi connectivity index (χ4n) is 1.73. The van der Waals surface area contributed by atoms with Crippen molar-refractivity contribution in [3.63, 3.8) is 0 Å². The van der Waals surface area contributed by atoms with Crippen molar-refractivity contribution in [2.24, 2.45) is 4.99 Å². The molecule has 0 amide bonds. The van der Waals surface area contributed by atoms with E-state index >= 15 is 0 Å². The van der Waals surface area contributed by atoms with Crippen molar-refractivity contribution in [2.45, 2.75) is 32.3 Å². The van der Waals surface area contributed by atoms with E-state index in [9.17, 15) is 0 Å². The first-order valence-electron chi connectivity index (χ1n) is 7.72. The number of pyridine rings is 1. The molecule has 0 aromatic carbocycles. The van der Waals surface area contributed by atoms with E-state index in [2.05, 4.69) is 25.9 Å². The predicted octanol–water partition coefficient (Wildman–Crippen LogP) is 1.86. The Labute approximate surface area is 133 Å². The average Bonchev–Trinajstić information content (AvgIpc) is 2.54. The van der Waals surface area contributed by atoms with Crippen molar-refractivity contribution >= 4 is 11.8 Å². The number of nitrogens with one attached hydrogen (secondary N) is 3. The predicted molar refractivity (Wildman–Crippen MR) is 92.4 cm³/mol. The van der Waals surface area contributed by atoms with E-state index < -0.39 is 0 Å². The van der Waals surface area contributed by atoms with Gasteiger partial charge in [0.1, 0.15) is 5.82 Å². The Morgan fingerprint density at radius 1 is 1.23 bits per heavy atom.